The maximum absolute atomic E-state index is 12.2. The third kappa shape index (κ3) is 5.12. The molecule has 2 aromatic heterocycles. The Labute approximate surface area is 175 Å². The van der Waals surface area contributed by atoms with Gasteiger partial charge in [-0.25, -0.2) is 9.97 Å². The van der Waals surface area contributed by atoms with Gasteiger partial charge in [-0.05, 0) is 36.2 Å². The fourth-order valence-electron chi connectivity index (χ4n) is 2.59. The number of carbonyl (C=O) groups excluding carboxylic acids is 1. The molecule has 4 rings (SSSR count). The number of fused-ring (bicyclic) bond motifs is 1. The summed E-state index contributed by atoms with van der Waals surface area (Å²) in [5.41, 5.74) is 2.14. The molecule has 4 aromatic rings. The summed E-state index contributed by atoms with van der Waals surface area (Å²) in [5, 5.41) is 10.9. The number of nitrogens with one attached hydrogen (secondary N) is 2. The predicted octanol–water partition coefficient (Wildman–Crippen LogP) is 4.29. The lowest BCUT2D eigenvalue weighted by molar-refractivity contribution is -0.113. The van der Waals surface area contributed by atoms with Gasteiger partial charge in [-0.1, -0.05) is 54.3 Å². The molecule has 1 amide bonds. The van der Waals surface area contributed by atoms with Crippen LogP contribution in [0.5, 0.6) is 5.75 Å². The summed E-state index contributed by atoms with van der Waals surface area (Å²) in [7, 11) is 0. The molecule has 0 fully saturated rings. The molecule has 7 nitrogen and oxygen atoms in total. The maximum atomic E-state index is 12.2. The van der Waals surface area contributed by atoms with Gasteiger partial charge in [0.25, 0.3) is 0 Å². The van der Waals surface area contributed by atoms with Gasteiger partial charge in [-0.2, -0.15) is 0 Å². The van der Waals surface area contributed by atoms with Gasteiger partial charge in [-0.15, -0.1) is 5.10 Å². The minimum atomic E-state index is -0.146. The first-order valence-electron chi connectivity index (χ1n) is 9.11. The molecule has 2 heterocycles. The third-order valence-electron chi connectivity index (χ3n) is 4.09. The summed E-state index contributed by atoms with van der Waals surface area (Å²) in [6.07, 6.45) is 0.996. The first-order chi connectivity index (χ1) is 14.2. The Balaban J connectivity index is 1.25. The molecule has 148 valence electrons. The predicted molar refractivity (Wildman–Crippen MR) is 116 cm³/mol. The van der Waals surface area contributed by atoms with Gasteiger partial charge >= 0.3 is 0 Å². The van der Waals surface area contributed by atoms with Crippen LogP contribution in [-0.2, 0) is 17.8 Å². The third-order valence-corrected chi connectivity index (χ3v) is 5.89. The van der Waals surface area contributed by atoms with E-state index in [0.717, 1.165) is 22.4 Å². The van der Waals surface area contributed by atoms with Crippen molar-refractivity contribution in [1.29, 1.82) is 0 Å². The van der Waals surface area contributed by atoms with Crippen molar-refractivity contribution in [2.75, 3.05) is 11.1 Å². The summed E-state index contributed by atoms with van der Waals surface area (Å²) < 4.78 is 6.75. The van der Waals surface area contributed by atoms with E-state index in [9.17, 15) is 4.79 Å². The Kier molecular flexibility index (Phi) is 6.06. The van der Waals surface area contributed by atoms with Crippen molar-refractivity contribution in [3.8, 4) is 5.75 Å². The zero-order valence-electron chi connectivity index (χ0n) is 15.7. The highest BCUT2D eigenvalue weighted by molar-refractivity contribution is 7.99. The Morgan fingerprint density at radius 3 is 2.79 bits per heavy atom. The van der Waals surface area contributed by atoms with Gasteiger partial charge < -0.3 is 10.1 Å². The molecule has 9 heteroatoms. The molecule has 0 aliphatic heterocycles. The summed E-state index contributed by atoms with van der Waals surface area (Å²) >= 11 is 2.71. The molecule has 0 saturated heterocycles. The van der Waals surface area contributed by atoms with Crippen LogP contribution in [0, 0.1) is 0 Å². The molecule has 29 heavy (non-hydrogen) atoms. The highest BCUT2D eigenvalue weighted by Crippen LogP contribution is 2.25. The second kappa shape index (κ2) is 9.06. The second-order valence-corrected chi connectivity index (χ2v) is 8.15. The number of rotatable bonds is 8. The normalized spacial score (nSPS) is 10.9. The number of ether oxygens (including phenoxy) is 1. The molecule has 0 bridgehead atoms. The molecule has 0 saturated carbocycles. The number of aromatic amines is 1. The maximum Gasteiger partial charge on any atom is 0.236 e. The van der Waals surface area contributed by atoms with Gasteiger partial charge in [0, 0.05) is 0 Å². The number of benzene rings is 2. The van der Waals surface area contributed by atoms with Crippen LogP contribution in [-0.4, -0.2) is 31.8 Å². The van der Waals surface area contributed by atoms with Gasteiger partial charge in [0.15, 0.2) is 11.0 Å². The van der Waals surface area contributed by atoms with Crippen LogP contribution in [0.2, 0.25) is 0 Å². The molecular weight excluding hydrogens is 406 g/mol. The summed E-state index contributed by atoms with van der Waals surface area (Å²) in [6, 6.07) is 15.7. The molecule has 0 aliphatic rings. The largest absolute Gasteiger partial charge is 0.486 e. The van der Waals surface area contributed by atoms with E-state index in [2.05, 4.69) is 32.4 Å². The van der Waals surface area contributed by atoms with Crippen molar-refractivity contribution >= 4 is 44.4 Å². The molecule has 0 radical (unpaired) electrons. The quantitative estimate of drug-likeness (QED) is 0.409. The SMILES string of the molecule is CCc1ccc(OCc2nc(SCC(=O)Nc3nc4ccccc4s3)n[nH]2)cc1. The second-order valence-electron chi connectivity index (χ2n) is 6.17. The van der Waals surface area contributed by atoms with E-state index in [4.69, 9.17) is 4.74 Å². The number of aromatic nitrogens is 4. The van der Waals surface area contributed by atoms with Gasteiger partial charge in [0.1, 0.15) is 12.4 Å². The summed E-state index contributed by atoms with van der Waals surface area (Å²) in [4.78, 5) is 20.9. The van der Waals surface area contributed by atoms with Crippen molar-refractivity contribution < 1.29 is 9.53 Å². The molecule has 2 aromatic carbocycles. The van der Waals surface area contributed by atoms with Crippen molar-refractivity contribution in [2.24, 2.45) is 0 Å². The highest BCUT2D eigenvalue weighted by atomic mass is 32.2. The van der Waals surface area contributed by atoms with Crippen LogP contribution in [0.3, 0.4) is 0 Å². The van der Waals surface area contributed by atoms with Gasteiger partial charge in [0.05, 0.1) is 16.0 Å². The number of hydrogen-bond acceptors (Lipinski definition) is 7. The Morgan fingerprint density at radius 2 is 2.00 bits per heavy atom. The van der Waals surface area contributed by atoms with E-state index in [1.165, 1.54) is 28.7 Å². The van der Waals surface area contributed by atoms with E-state index >= 15 is 0 Å². The van der Waals surface area contributed by atoms with E-state index < -0.39 is 0 Å². The van der Waals surface area contributed by atoms with Crippen LogP contribution in [0.25, 0.3) is 10.2 Å². The number of thiazole rings is 1. The Morgan fingerprint density at radius 1 is 1.17 bits per heavy atom. The minimum absolute atomic E-state index is 0.146. The van der Waals surface area contributed by atoms with Crippen LogP contribution in [0.15, 0.2) is 53.7 Å². The summed E-state index contributed by atoms with van der Waals surface area (Å²) in [5.74, 6) is 1.45. The number of hydrogen-bond donors (Lipinski definition) is 2. The van der Waals surface area contributed by atoms with Crippen molar-refractivity contribution in [1.82, 2.24) is 20.2 Å². The standard InChI is InChI=1S/C20H19N5O2S2/c1-2-13-7-9-14(10-8-13)27-11-17-22-20(25-24-17)28-12-18(26)23-19-21-15-5-3-4-6-16(15)29-19/h3-10H,2,11-12H2,1H3,(H,21,23,26)(H,22,24,25). The van der Waals surface area contributed by atoms with Gasteiger partial charge in [-0.3, -0.25) is 9.89 Å². The molecule has 0 unspecified atom stereocenters. The zero-order chi connectivity index (χ0) is 20.1. The number of nitrogens with zero attached hydrogens (tertiary/aromatic N) is 3. The van der Waals surface area contributed by atoms with E-state index in [1.54, 1.807) is 0 Å². The average molecular weight is 426 g/mol. The van der Waals surface area contributed by atoms with E-state index in [-0.39, 0.29) is 18.3 Å². The van der Waals surface area contributed by atoms with Gasteiger partial charge in [0.2, 0.25) is 11.1 Å². The van der Waals surface area contributed by atoms with E-state index in [0.29, 0.717) is 16.1 Å². The van der Waals surface area contributed by atoms with Crippen LogP contribution >= 0.6 is 23.1 Å². The number of anilines is 1. The fraction of sp³-hybridized carbons (Fsp3) is 0.200. The fourth-order valence-corrected chi connectivity index (χ4v) is 4.09. The zero-order valence-corrected chi connectivity index (χ0v) is 17.3. The Hall–Kier alpha value is -2.91. The number of H-pyrrole nitrogens is 1. The molecule has 0 atom stereocenters. The lowest BCUT2D eigenvalue weighted by Gasteiger charge is -2.04. The number of amides is 1. The van der Waals surface area contributed by atoms with Crippen LogP contribution in [0.1, 0.15) is 18.3 Å². The highest BCUT2D eigenvalue weighted by Gasteiger charge is 2.11. The smallest absolute Gasteiger partial charge is 0.236 e. The molecule has 0 aliphatic carbocycles. The topological polar surface area (TPSA) is 92.8 Å². The number of para-hydroxylation sites is 1. The van der Waals surface area contributed by atoms with Crippen molar-refractivity contribution in [3.05, 3.63) is 59.9 Å². The number of thioether (sulfide) groups is 1. The number of carbonyl (C=O) groups is 1. The minimum Gasteiger partial charge on any atom is -0.486 e. The van der Waals surface area contributed by atoms with Crippen molar-refractivity contribution in [2.45, 2.75) is 25.1 Å². The van der Waals surface area contributed by atoms with Crippen LogP contribution < -0.4 is 10.1 Å². The molecule has 2 N–H and O–H groups in total. The van der Waals surface area contributed by atoms with E-state index in [1.807, 2.05) is 48.5 Å². The average Bonchev–Trinajstić information content (AvgIpc) is 3.37. The number of aryl methyl sites for hydroxylation is 1. The summed E-state index contributed by atoms with van der Waals surface area (Å²) in [6.45, 7) is 2.40. The Bertz CT molecular complexity index is 1070. The molecular formula is C20H19N5O2S2. The first kappa shape index (κ1) is 19.4. The first-order valence-corrected chi connectivity index (χ1v) is 10.9. The lowest BCUT2D eigenvalue weighted by Crippen LogP contribution is -2.13. The lowest BCUT2D eigenvalue weighted by atomic mass is 10.2. The van der Waals surface area contributed by atoms with Crippen molar-refractivity contribution in [3.63, 3.8) is 0 Å². The molecule has 0 spiro atoms. The monoisotopic (exact) mass is 425 g/mol. The van der Waals surface area contributed by atoms with Crippen LogP contribution in [0.4, 0.5) is 5.13 Å².